The Labute approximate surface area is 231 Å². The second-order valence-corrected chi connectivity index (χ2v) is 13.1. The lowest BCUT2D eigenvalue weighted by Crippen LogP contribution is -2.61. The summed E-state index contributed by atoms with van der Waals surface area (Å²) in [5.74, 6) is 2.02. The zero-order valence-corrected chi connectivity index (χ0v) is 22.9. The van der Waals surface area contributed by atoms with Gasteiger partial charge in [-0.15, -0.1) is 0 Å². The molecule has 1 aromatic heterocycles. The number of aliphatic hydroxyl groups excluding tert-OH is 1. The first-order chi connectivity index (χ1) is 18.8. The molecule has 0 aliphatic heterocycles. The molecule has 206 valence electrons. The van der Waals surface area contributed by atoms with Gasteiger partial charge in [-0.3, -0.25) is 9.59 Å². The van der Waals surface area contributed by atoms with E-state index in [2.05, 4.69) is 15.6 Å². The van der Waals surface area contributed by atoms with E-state index < -0.39 is 11.6 Å². The van der Waals surface area contributed by atoms with Crippen LogP contribution in [-0.4, -0.2) is 40.1 Å². The summed E-state index contributed by atoms with van der Waals surface area (Å²) in [6, 6.07) is 17.4. The average molecular weight is 528 g/mol. The fourth-order valence-corrected chi connectivity index (χ4v) is 8.44. The van der Waals surface area contributed by atoms with Crippen LogP contribution in [0.5, 0.6) is 0 Å². The average Bonchev–Trinajstić information content (AvgIpc) is 3.30. The van der Waals surface area contributed by atoms with Crippen LogP contribution in [0.2, 0.25) is 0 Å². The minimum atomic E-state index is -1.16. The summed E-state index contributed by atoms with van der Waals surface area (Å²) in [6.07, 6.45) is 10.8. The van der Waals surface area contributed by atoms with Gasteiger partial charge in [-0.25, -0.2) is 0 Å². The van der Waals surface area contributed by atoms with E-state index in [1.807, 2.05) is 67.7 Å². The number of aromatic nitrogens is 1. The number of hydrogen-bond acceptors (Lipinski definition) is 3. The Bertz CT molecular complexity index is 1300. The molecule has 1 heterocycles. The number of benzene rings is 2. The Kier molecular flexibility index (Phi) is 7.00. The fourth-order valence-electron chi connectivity index (χ4n) is 8.44. The lowest BCUT2D eigenvalue weighted by atomic mass is 9.49. The van der Waals surface area contributed by atoms with E-state index in [4.69, 9.17) is 0 Å². The summed E-state index contributed by atoms with van der Waals surface area (Å²) in [4.78, 5) is 31.0. The molecule has 4 N–H and O–H groups in total. The maximum Gasteiger partial charge on any atom is 0.246 e. The number of para-hydroxylation sites is 1. The summed E-state index contributed by atoms with van der Waals surface area (Å²) in [5.41, 5.74) is 1.97. The number of carbonyl (C=O) groups excluding carboxylic acids is 2. The Morgan fingerprint density at radius 2 is 1.64 bits per heavy atom. The van der Waals surface area contributed by atoms with E-state index in [9.17, 15) is 14.7 Å². The van der Waals surface area contributed by atoms with Crippen molar-refractivity contribution >= 4 is 22.7 Å². The number of amides is 2. The van der Waals surface area contributed by atoms with Gasteiger partial charge in [0.25, 0.3) is 0 Å². The molecule has 4 aliphatic rings. The first-order valence-electron chi connectivity index (χ1n) is 14.6. The SMILES string of the molecule is C[C@@](Cc1c[nH]c2ccccc12)(NC(=O)CC12CC3CC(CC(C3)C1)C2)C(=O)N[C@@H](CO)Cc1ccccc1. The number of aromatic amines is 1. The summed E-state index contributed by atoms with van der Waals surface area (Å²) < 4.78 is 0. The molecular formula is C33H41N3O3. The highest BCUT2D eigenvalue weighted by molar-refractivity contribution is 5.93. The largest absolute Gasteiger partial charge is 0.394 e. The number of rotatable bonds is 10. The Morgan fingerprint density at radius 3 is 2.31 bits per heavy atom. The van der Waals surface area contributed by atoms with Crippen molar-refractivity contribution in [3.63, 3.8) is 0 Å². The summed E-state index contributed by atoms with van der Waals surface area (Å²) in [5, 5.41) is 17.5. The highest BCUT2D eigenvalue weighted by Crippen LogP contribution is 2.61. The molecule has 2 aromatic carbocycles. The van der Waals surface area contributed by atoms with Crippen molar-refractivity contribution in [2.75, 3.05) is 6.61 Å². The van der Waals surface area contributed by atoms with Crippen molar-refractivity contribution in [1.29, 1.82) is 0 Å². The number of H-pyrrole nitrogens is 1. The van der Waals surface area contributed by atoms with Crippen LogP contribution >= 0.6 is 0 Å². The van der Waals surface area contributed by atoms with Crippen molar-refractivity contribution in [2.24, 2.45) is 23.2 Å². The van der Waals surface area contributed by atoms with Crippen LogP contribution in [0.3, 0.4) is 0 Å². The molecule has 3 aromatic rings. The van der Waals surface area contributed by atoms with E-state index in [1.165, 1.54) is 19.3 Å². The molecule has 2 amide bonds. The van der Waals surface area contributed by atoms with Gasteiger partial charge in [-0.2, -0.15) is 0 Å². The summed E-state index contributed by atoms with van der Waals surface area (Å²) in [7, 11) is 0. The zero-order valence-electron chi connectivity index (χ0n) is 22.9. The highest BCUT2D eigenvalue weighted by Gasteiger charge is 2.52. The van der Waals surface area contributed by atoms with Crippen LogP contribution in [0.15, 0.2) is 60.8 Å². The number of nitrogens with one attached hydrogen (secondary N) is 3. The maximum absolute atomic E-state index is 13.9. The zero-order chi connectivity index (χ0) is 27.0. The predicted octanol–water partition coefficient (Wildman–Crippen LogP) is 4.91. The van der Waals surface area contributed by atoms with Gasteiger partial charge >= 0.3 is 0 Å². The molecule has 6 heteroatoms. The van der Waals surface area contributed by atoms with E-state index in [-0.39, 0.29) is 23.8 Å². The highest BCUT2D eigenvalue weighted by atomic mass is 16.3. The number of fused-ring (bicyclic) bond motifs is 1. The minimum absolute atomic E-state index is 0.0296. The van der Waals surface area contributed by atoms with Crippen LogP contribution < -0.4 is 10.6 Å². The summed E-state index contributed by atoms with van der Waals surface area (Å²) >= 11 is 0. The molecule has 2 atom stereocenters. The van der Waals surface area contributed by atoms with Gasteiger partial charge in [0.1, 0.15) is 5.54 Å². The molecule has 0 spiro atoms. The van der Waals surface area contributed by atoms with Crippen LogP contribution in [0.1, 0.15) is 63.0 Å². The monoisotopic (exact) mass is 527 g/mol. The van der Waals surface area contributed by atoms with E-state index >= 15 is 0 Å². The third-order valence-electron chi connectivity index (χ3n) is 9.72. The van der Waals surface area contributed by atoms with Crippen LogP contribution in [0.25, 0.3) is 10.9 Å². The van der Waals surface area contributed by atoms with Crippen molar-refractivity contribution < 1.29 is 14.7 Å². The van der Waals surface area contributed by atoms with E-state index in [0.29, 0.717) is 19.3 Å². The number of hydrogen-bond donors (Lipinski definition) is 4. The minimum Gasteiger partial charge on any atom is -0.394 e. The molecule has 0 radical (unpaired) electrons. The van der Waals surface area contributed by atoms with Gasteiger partial charge in [0.2, 0.25) is 11.8 Å². The van der Waals surface area contributed by atoms with Gasteiger partial charge in [0, 0.05) is 29.9 Å². The van der Waals surface area contributed by atoms with Crippen LogP contribution in [0, 0.1) is 23.2 Å². The number of aliphatic hydroxyl groups is 1. The van der Waals surface area contributed by atoms with Crippen LogP contribution in [0.4, 0.5) is 0 Å². The third kappa shape index (κ3) is 5.49. The predicted molar refractivity (Wildman–Crippen MR) is 153 cm³/mol. The molecule has 0 saturated heterocycles. The maximum atomic E-state index is 13.9. The van der Waals surface area contributed by atoms with Crippen molar-refractivity contribution in [1.82, 2.24) is 15.6 Å². The Morgan fingerprint density at radius 1 is 1.00 bits per heavy atom. The lowest BCUT2D eigenvalue weighted by molar-refractivity contribution is -0.137. The van der Waals surface area contributed by atoms with E-state index in [0.717, 1.165) is 59.0 Å². The molecule has 0 unspecified atom stereocenters. The third-order valence-corrected chi connectivity index (χ3v) is 9.72. The van der Waals surface area contributed by atoms with Gasteiger partial charge in [-0.1, -0.05) is 48.5 Å². The topological polar surface area (TPSA) is 94.2 Å². The quantitative estimate of drug-likeness (QED) is 0.302. The van der Waals surface area contributed by atoms with Crippen molar-refractivity contribution in [3.8, 4) is 0 Å². The van der Waals surface area contributed by atoms with Gasteiger partial charge in [0.05, 0.1) is 12.6 Å². The Balaban J connectivity index is 1.22. The van der Waals surface area contributed by atoms with Crippen LogP contribution in [-0.2, 0) is 22.4 Å². The Hall–Kier alpha value is -3.12. The molecule has 6 nitrogen and oxygen atoms in total. The molecule has 4 fully saturated rings. The second-order valence-electron chi connectivity index (χ2n) is 13.1. The molecule has 7 rings (SSSR count). The molecule has 4 aliphatic carbocycles. The normalized spacial score (nSPS) is 27.7. The van der Waals surface area contributed by atoms with Crippen molar-refractivity contribution in [2.45, 2.75) is 76.3 Å². The lowest BCUT2D eigenvalue weighted by Gasteiger charge is -2.56. The van der Waals surface area contributed by atoms with E-state index in [1.54, 1.807) is 0 Å². The smallest absolute Gasteiger partial charge is 0.246 e. The van der Waals surface area contributed by atoms with Gasteiger partial charge < -0.3 is 20.7 Å². The fraction of sp³-hybridized carbons (Fsp3) is 0.515. The number of carbonyl (C=O) groups is 2. The molecule has 4 saturated carbocycles. The first kappa shape index (κ1) is 26.1. The molecule has 4 bridgehead atoms. The molecule has 39 heavy (non-hydrogen) atoms. The first-order valence-corrected chi connectivity index (χ1v) is 14.6. The van der Waals surface area contributed by atoms with Gasteiger partial charge in [0.15, 0.2) is 0 Å². The standard InChI is InChI=1S/C33H41N3O3/c1-32(18-26-20-34-29-10-6-5-9-28(26)29,31(39)35-27(21-37)14-22-7-3-2-4-8-22)36-30(38)19-33-15-23-11-24(16-33)13-25(12-23)17-33/h2-10,20,23-25,27,34,37H,11-19,21H2,1H3,(H,35,39)(H,36,38)/t23?,24?,25?,27-,32+,33?/m1/s1. The second kappa shape index (κ2) is 10.5. The molecular weight excluding hydrogens is 486 g/mol. The van der Waals surface area contributed by atoms with Crippen molar-refractivity contribution in [3.05, 3.63) is 71.9 Å². The summed E-state index contributed by atoms with van der Waals surface area (Å²) in [6.45, 7) is 1.66. The van der Waals surface area contributed by atoms with Gasteiger partial charge in [-0.05, 0) is 92.2 Å².